The van der Waals surface area contributed by atoms with Crippen LogP contribution in [0.5, 0.6) is 0 Å². The van der Waals surface area contributed by atoms with Crippen molar-refractivity contribution in [1.82, 2.24) is 14.9 Å². The summed E-state index contributed by atoms with van der Waals surface area (Å²) in [5.41, 5.74) is 5.73. The number of H-pyrrole nitrogens is 1. The molecule has 1 aliphatic rings. The summed E-state index contributed by atoms with van der Waals surface area (Å²) in [5.74, 6) is 0. The molecule has 0 amide bonds. The first-order valence-electron chi connectivity index (χ1n) is 8.54. The highest BCUT2D eigenvalue weighted by molar-refractivity contribution is 14.1. The molecule has 3 heterocycles. The highest BCUT2D eigenvalue weighted by Crippen LogP contribution is 2.33. The van der Waals surface area contributed by atoms with E-state index in [-0.39, 0.29) is 0 Å². The maximum absolute atomic E-state index is 4.56. The first-order chi connectivity index (χ1) is 12.2. The molecule has 0 unspecified atom stereocenters. The average Bonchev–Trinajstić information content (AvgIpc) is 3.02. The minimum atomic E-state index is 0.941. The second kappa shape index (κ2) is 6.84. The van der Waals surface area contributed by atoms with Crippen LogP contribution in [-0.4, -0.2) is 55.1 Å². The van der Waals surface area contributed by atoms with Crippen molar-refractivity contribution in [3.63, 3.8) is 0 Å². The van der Waals surface area contributed by atoms with Crippen LogP contribution in [0.3, 0.4) is 0 Å². The molecule has 0 spiro atoms. The van der Waals surface area contributed by atoms with Gasteiger partial charge in [0.15, 0.2) is 0 Å². The number of rotatable bonds is 3. The second-order valence-corrected chi connectivity index (χ2v) is 7.69. The zero-order chi connectivity index (χ0) is 17.4. The van der Waals surface area contributed by atoms with Gasteiger partial charge in [-0.15, -0.1) is 0 Å². The van der Waals surface area contributed by atoms with E-state index in [0.717, 1.165) is 37.4 Å². The van der Waals surface area contributed by atoms with Gasteiger partial charge < -0.3 is 20.1 Å². The molecular formula is C19H22IN5. The van der Waals surface area contributed by atoms with Gasteiger partial charge in [-0.2, -0.15) is 0 Å². The van der Waals surface area contributed by atoms with Gasteiger partial charge in [-0.05, 0) is 53.4 Å². The number of nitrogens with one attached hydrogen (secondary N) is 2. The van der Waals surface area contributed by atoms with E-state index in [4.69, 9.17) is 0 Å². The normalized spacial score (nSPS) is 15.7. The fourth-order valence-corrected chi connectivity index (χ4v) is 3.93. The molecule has 0 atom stereocenters. The Kier molecular flexibility index (Phi) is 4.56. The number of fused-ring (bicyclic) bond motifs is 1. The van der Waals surface area contributed by atoms with Crippen molar-refractivity contribution in [3.05, 3.63) is 40.2 Å². The van der Waals surface area contributed by atoms with Gasteiger partial charge in [0.1, 0.15) is 5.65 Å². The summed E-state index contributed by atoms with van der Waals surface area (Å²) < 4.78 is 1.20. The molecule has 1 aromatic carbocycles. The van der Waals surface area contributed by atoms with Crippen LogP contribution in [0.4, 0.5) is 11.4 Å². The molecule has 5 nitrogen and oxygen atoms in total. The van der Waals surface area contributed by atoms with Crippen molar-refractivity contribution >= 4 is 45.0 Å². The van der Waals surface area contributed by atoms with Crippen LogP contribution in [0.2, 0.25) is 0 Å². The molecule has 4 rings (SSSR count). The first kappa shape index (κ1) is 16.7. The molecule has 130 valence electrons. The number of likely N-dealkylation sites (N-methyl/N-ethyl adjacent to an activating group) is 1. The van der Waals surface area contributed by atoms with Gasteiger partial charge in [0.2, 0.25) is 0 Å². The zero-order valence-electron chi connectivity index (χ0n) is 14.5. The third kappa shape index (κ3) is 3.20. The standard InChI is InChI=1S/C19H22IN5/c1-21-17-10-13(3-4-18(17)25-7-5-24(2)6-8-25)14-9-15-16(20)12-23-19(15)22-11-14/h3-4,9-12,21H,5-8H2,1-2H3,(H,22,23). The van der Waals surface area contributed by atoms with Gasteiger partial charge in [0.05, 0.1) is 11.4 Å². The van der Waals surface area contributed by atoms with Gasteiger partial charge in [0.25, 0.3) is 0 Å². The lowest BCUT2D eigenvalue weighted by atomic mass is 10.0. The molecule has 2 N–H and O–H groups in total. The van der Waals surface area contributed by atoms with Crippen molar-refractivity contribution in [2.45, 2.75) is 0 Å². The first-order valence-corrected chi connectivity index (χ1v) is 9.62. The molecule has 1 aliphatic heterocycles. The van der Waals surface area contributed by atoms with Crippen LogP contribution in [0, 0.1) is 3.57 Å². The number of hydrogen-bond acceptors (Lipinski definition) is 4. The third-order valence-corrected chi connectivity index (χ3v) is 5.82. The van der Waals surface area contributed by atoms with Crippen molar-refractivity contribution in [2.24, 2.45) is 0 Å². The summed E-state index contributed by atoms with van der Waals surface area (Å²) in [5, 5.41) is 4.55. The highest BCUT2D eigenvalue weighted by Gasteiger charge is 2.17. The Balaban J connectivity index is 1.69. The Hall–Kier alpha value is -1.80. The monoisotopic (exact) mass is 447 g/mol. The van der Waals surface area contributed by atoms with Crippen LogP contribution in [0.1, 0.15) is 0 Å². The number of nitrogens with zero attached hydrogens (tertiary/aromatic N) is 3. The zero-order valence-corrected chi connectivity index (χ0v) is 16.7. The molecule has 0 bridgehead atoms. The van der Waals surface area contributed by atoms with E-state index < -0.39 is 0 Å². The Labute approximate surface area is 161 Å². The Morgan fingerprint density at radius 3 is 2.68 bits per heavy atom. The smallest absolute Gasteiger partial charge is 0.138 e. The Morgan fingerprint density at radius 2 is 1.92 bits per heavy atom. The minimum absolute atomic E-state index is 0.941. The lowest BCUT2D eigenvalue weighted by Crippen LogP contribution is -2.44. The number of halogens is 1. The summed E-state index contributed by atoms with van der Waals surface area (Å²) in [7, 11) is 4.18. The predicted octanol–water partition coefficient (Wildman–Crippen LogP) is 3.63. The van der Waals surface area contributed by atoms with Gasteiger partial charge in [0, 0.05) is 60.1 Å². The lowest BCUT2D eigenvalue weighted by molar-refractivity contribution is 0.313. The quantitative estimate of drug-likeness (QED) is 0.603. The van der Waals surface area contributed by atoms with Crippen LogP contribution in [-0.2, 0) is 0 Å². The molecule has 0 radical (unpaired) electrons. The summed E-state index contributed by atoms with van der Waals surface area (Å²) in [6.45, 7) is 4.36. The largest absolute Gasteiger partial charge is 0.386 e. The van der Waals surface area contributed by atoms with Crippen LogP contribution in [0.25, 0.3) is 22.2 Å². The fraction of sp³-hybridized carbons (Fsp3) is 0.316. The number of piperazine rings is 1. The van der Waals surface area contributed by atoms with E-state index in [1.807, 2.05) is 19.4 Å². The van der Waals surface area contributed by atoms with Gasteiger partial charge in [-0.25, -0.2) is 4.98 Å². The van der Waals surface area contributed by atoms with E-state index in [0.29, 0.717) is 0 Å². The van der Waals surface area contributed by atoms with Crippen molar-refractivity contribution in [2.75, 3.05) is 50.5 Å². The van der Waals surface area contributed by atoms with Crippen molar-refractivity contribution in [3.8, 4) is 11.1 Å². The maximum atomic E-state index is 4.56. The van der Waals surface area contributed by atoms with E-state index >= 15 is 0 Å². The number of benzene rings is 1. The maximum Gasteiger partial charge on any atom is 0.138 e. The van der Waals surface area contributed by atoms with E-state index in [2.05, 4.69) is 79.0 Å². The lowest BCUT2D eigenvalue weighted by Gasteiger charge is -2.35. The molecule has 6 heteroatoms. The number of anilines is 2. The second-order valence-electron chi connectivity index (χ2n) is 6.53. The molecule has 3 aromatic rings. The SMILES string of the molecule is CNc1cc(-c2cnc3[nH]cc(I)c3c2)ccc1N1CCN(C)CC1. The Bertz CT molecular complexity index is 896. The van der Waals surface area contributed by atoms with Crippen LogP contribution < -0.4 is 10.2 Å². The average molecular weight is 447 g/mol. The number of aromatic nitrogens is 2. The number of aromatic amines is 1. The number of hydrogen-bond donors (Lipinski definition) is 2. The predicted molar refractivity (Wildman–Crippen MR) is 114 cm³/mol. The summed E-state index contributed by atoms with van der Waals surface area (Å²) in [6, 6.07) is 8.89. The van der Waals surface area contributed by atoms with E-state index in [1.165, 1.54) is 25.9 Å². The van der Waals surface area contributed by atoms with Gasteiger partial charge >= 0.3 is 0 Å². The summed E-state index contributed by atoms with van der Waals surface area (Å²) >= 11 is 2.35. The summed E-state index contributed by atoms with van der Waals surface area (Å²) in [6.07, 6.45) is 3.94. The van der Waals surface area contributed by atoms with Crippen molar-refractivity contribution < 1.29 is 0 Å². The summed E-state index contributed by atoms with van der Waals surface area (Å²) in [4.78, 5) is 12.6. The topological polar surface area (TPSA) is 47.2 Å². The molecule has 0 saturated carbocycles. The molecule has 25 heavy (non-hydrogen) atoms. The fourth-order valence-electron chi connectivity index (χ4n) is 3.37. The van der Waals surface area contributed by atoms with E-state index in [1.54, 1.807) is 0 Å². The highest BCUT2D eigenvalue weighted by atomic mass is 127. The van der Waals surface area contributed by atoms with E-state index in [9.17, 15) is 0 Å². The van der Waals surface area contributed by atoms with Crippen molar-refractivity contribution in [1.29, 1.82) is 0 Å². The molecule has 1 fully saturated rings. The van der Waals surface area contributed by atoms with Crippen LogP contribution >= 0.6 is 22.6 Å². The minimum Gasteiger partial charge on any atom is -0.386 e. The third-order valence-electron chi connectivity index (χ3n) is 4.92. The molecule has 2 aromatic heterocycles. The Morgan fingerprint density at radius 1 is 1.12 bits per heavy atom. The molecule has 1 saturated heterocycles. The molecule has 0 aliphatic carbocycles. The van der Waals surface area contributed by atoms with Gasteiger partial charge in [-0.1, -0.05) is 6.07 Å². The van der Waals surface area contributed by atoms with Gasteiger partial charge in [-0.3, -0.25) is 0 Å². The molecular weight excluding hydrogens is 425 g/mol. The number of pyridine rings is 1. The van der Waals surface area contributed by atoms with Crippen LogP contribution in [0.15, 0.2) is 36.7 Å².